The Morgan fingerprint density at radius 2 is 2.00 bits per heavy atom. The predicted octanol–water partition coefficient (Wildman–Crippen LogP) is 2.75. The van der Waals surface area contributed by atoms with Crippen molar-refractivity contribution in [2.75, 3.05) is 6.54 Å². The van der Waals surface area contributed by atoms with E-state index < -0.39 is 0 Å². The zero-order valence-electron chi connectivity index (χ0n) is 12.5. The first kappa shape index (κ1) is 14.6. The first-order valence-corrected chi connectivity index (χ1v) is 8.10. The summed E-state index contributed by atoms with van der Waals surface area (Å²) >= 11 is 0. The van der Waals surface area contributed by atoms with Crippen molar-refractivity contribution in [2.45, 2.75) is 56.1 Å². The molecule has 2 aliphatic carbocycles. The van der Waals surface area contributed by atoms with Crippen LogP contribution < -0.4 is 5.32 Å². The summed E-state index contributed by atoms with van der Waals surface area (Å²) in [5, 5.41) is 22.9. The van der Waals surface area contributed by atoms with E-state index in [4.69, 9.17) is 0 Å². The van der Waals surface area contributed by atoms with E-state index >= 15 is 0 Å². The number of nitrogens with one attached hydrogen (secondary N) is 1. The van der Waals surface area contributed by atoms with Crippen LogP contribution in [0.15, 0.2) is 30.3 Å². The van der Waals surface area contributed by atoms with Crippen LogP contribution in [-0.2, 0) is 5.41 Å². The Kier molecular flexibility index (Phi) is 4.28. The number of aliphatic hydroxyl groups is 1. The lowest BCUT2D eigenvalue weighted by Gasteiger charge is -2.44. The molecular weight excluding hydrogens is 260 g/mol. The molecule has 0 radical (unpaired) electrons. The second-order valence-electron chi connectivity index (χ2n) is 6.76. The highest BCUT2D eigenvalue weighted by molar-refractivity contribution is 5.36. The molecule has 2 atom stereocenters. The molecule has 2 N–H and O–H groups in total. The quantitative estimate of drug-likeness (QED) is 0.894. The number of hydrogen-bond acceptors (Lipinski definition) is 3. The molecule has 0 aliphatic heterocycles. The van der Waals surface area contributed by atoms with Gasteiger partial charge in [0.05, 0.1) is 17.6 Å². The average molecular weight is 284 g/mol. The third kappa shape index (κ3) is 3.12. The zero-order valence-corrected chi connectivity index (χ0v) is 12.5. The Bertz CT molecular complexity index is 502. The average Bonchev–Trinajstić information content (AvgIpc) is 2.47. The summed E-state index contributed by atoms with van der Waals surface area (Å²) in [4.78, 5) is 0. The SMILES string of the molecule is N#CC1(c2ccccc2)CC(NCC2CCCC(O)C2)C1. The lowest BCUT2D eigenvalue weighted by molar-refractivity contribution is 0.0961. The molecule has 0 heterocycles. The fourth-order valence-corrected chi connectivity index (χ4v) is 3.86. The van der Waals surface area contributed by atoms with E-state index in [-0.39, 0.29) is 11.5 Å². The second-order valence-corrected chi connectivity index (χ2v) is 6.76. The molecule has 0 aromatic heterocycles. The van der Waals surface area contributed by atoms with Gasteiger partial charge in [-0.1, -0.05) is 36.8 Å². The molecule has 21 heavy (non-hydrogen) atoms. The van der Waals surface area contributed by atoms with Crippen molar-refractivity contribution >= 4 is 0 Å². The summed E-state index contributed by atoms with van der Waals surface area (Å²) in [7, 11) is 0. The summed E-state index contributed by atoms with van der Waals surface area (Å²) in [5.74, 6) is 0.600. The van der Waals surface area contributed by atoms with Gasteiger partial charge in [0, 0.05) is 6.04 Å². The smallest absolute Gasteiger partial charge is 0.0852 e. The van der Waals surface area contributed by atoms with Crippen molar-refractivity contribution < 1.29 is 5.11 Å². The number of aliphatic hydroxyl groups excluding tert-OH is 1. The minimum atomic E-state index is -0.287. The zero-order chi connectivity index (χ0) is 14.7. The van der Waals surface area contributed by atoms with Crippen LogP contribution in [0.2, 0.25) is 0 Å². The van der Waals surface area contributed by atoms with Crippen LogP contribution in [-0.4, -0.2) is 23.8 Å². The molecule has 0 bridgehead atoms. The number of hydrogen-bond donors (Lipinski definition) is 2. The molecule has 2 aliphatic rings. The topological polar surface area (TPSA) is 56.0 Å². The van der Waals surface area contributed by atoms with E-state index in [1.54, 1.807) is 0 Å². The van der Waals surface area contributed by atoms with E-state index in [0.717, 1.165) is 44.2 Å². The van der Waals surface area contributed by atoms with Crippen molar-refractivity contribution in [3.8, 4) is 6.07 Å². The summed E-state index contributed by atoms with van der Waals surface area (Å²) in [6, 6.07) is 13.1. The van der Waals surface area contributed by atoms with Crippen LogP contribution in [0.25, 0.3) is 0 Å². The van der Waals surface area contributed by atoms with Crippen LogP contribution in [0.5, 0.6) is 0 Å². The minimum Gasteiger partial charge on any atom is -0.393 e. The lowest BCUT2D eigenvalue weighted by Crippen LogP contribution is -2.52. The highest BCUT2D eigenvalue weighted by Gasteiger charge is 2.45. The maximum Gasteiger partial charge on any atom is 0.0852 e. The summed E-state index contributed by atoms with van der Waals surface area (Å²) in [6.45, 7) is 0.984. The van der Waals surface area contributed by atoms with E-state index in [0.29, 0.717) is 12.0 Å². The summed E-state index contributed by atoms with van der Waals surface area (Å²) < 4.78 is 0. The molecular formula is C18H24N2O. The normalized spacial score (nSPS) is 35.7. The van der Waals surface area contributed by atoms with Gasteiger partial charge in [-0.3, -0.25) is 0 Å². The molecule has 1 aromatic carbocycles. The van der Waals surface area contributed by atoms with Gasteiger partial charge in [0.25, 0.3) is 0 Å². The molecule has 2 saturated carbocycles. The minimum absolute atomic E-state index is 0.102. The molecule has 2 unspecified atom stereocenters. The molecule has 0 amide bonds. The molecule has 112 valence electrons. The highest BCUT2D eigenvalue weighted by atomic mass is 16.3. The van der Waals surface area contributed by atoms with Crippen LogP contribution in [0.1, 0.15) is 44.1 Å². The molecule has 0 spiro atoms. The van der Waals surface area contributed by atoms with Gasteiger partial charge in [-0.2, -0.15) is 5.26 Å². The predicted molar refractivity (Wildman–Crippen MR) is 82.7 cm³/mol. The fourth-order valence-electron chi connectivity index (χ4n) is 3.86. The van der Waals surface area contributed by atoms with Crippen LogP contribution in [0, 0.1) is 17.2 Å². The Balaban J connectivity index is 1.50. The van der Waals surface area contributed by atoms with Gasteiger partial charge in [0.2, 0.25) is 0 Å². The van der Waals surface area contributed by atoms with Gasteiger partial charge in [0.1, 0.15) is 0 Å². The number of benzene rings is 1. The third-order valence-corrected chi connectivity index (χ3v) is 5.18. The number of nitrogens with zero attached hydrogens (tertiary/aromatic N) is 1. The second kappa shape index (κ2) is 6.17. The Hall–Kier alpha value is -1.37. The summed E-state index contributed by atoms with van der Waals surface area (Å²) in [6.07, 6.45) is 5.97. The van der Waals surface area contributed by atoms with Gasteiger partial charge in [-0.15, -0.1) is 0 Å². The highest BCUT2D eigenvalue weighted by Crippen LogP contribution is 2.43. The standard InChI is InChI=1S/C18H24N2O/c19-13-18(15-6-2-1-3-7-15)10-16(11-18)20-12-14-5-4-8-17(21)9-14/h1-3,6-7,14,16-17,20-21H,4-5,8-12H2. The first-order valence-electron chi connectivity index (χ1n) is 8.10. The van der Waals surface area contributed by atoms with Crippen LogP contribution >= 0.6 is 0 Å². The lowest BCUT2D eigenvalue weighted by atomic mass is 9.62. The third-order valence-electron chi connectivity index (χ3n) is 5.18. The number of nitriles is 1. The monoisotopic (exact) mass is 284 g/mol. The Morgan fingerprint density at radius 1 is 1.24 bits per heavy atom. The summed E-state index contributed by atoms with van der Waals surface area (Å²) in [5.41, 5.74) is 0.865. The molecule has 2 fully saturated rings. The van der Waals surface area contributed by atoms with E-state index in [9.17, 15) is 10.4 Å². The largest absolute Gasteiger partial charge is 0.393 e. The fraction of sp³-hybridized carbons (Fsp3) is 0.611. The first-order chi connectivity index (χ1) is 10.2. The Labute approximate surface area is 127 Å². The van der Waals surface area contributed by atoms with Crippen molar-refractivity contribution in [1.29, 1.82) is 5.26 Å². The van der Waals surface area contributed by atoms with Crippen molar-refractivity contribution in [3.05, 3.63) is 35.9 Å². The van der Waals surface area contributed by atoms with Crippen LogP contribution in [0.3, 0.4) is 0 Å². The molecule has 1 aromatic rings. The van der Waals surface area contributed by atoms with Gasteiger partial charge in [-0.05, 0) is 50.1 Å². The Morgan fingerprint density at radius 3 is 2.67 bits per heavy atom. The number of rotatable bonds is 4. The van der Waals surface area contributed by atoms with Gasteiger partial charge in [-0.25, -0.2) is 0 Å². The molecule has 3 heteroatoms. The van der Waals surface area contributed by atoms with Crippen molar-refractivity contribution in [3.63, 3.8) is 0 Å². The maximum atomic E-state index is 9.71. The van der Waals surface area contributed by atoms with Gasteiger partial charge >= 0.3 is 0 Å². The van der Waals surface area contributed by atoms with Crippen molar-refractivity contribution in [2.24, 2.45) is 5.92 Å². The van der Waals surface area contributed by atoms with Gasteiger partial charge in [0.15, 0.2) is 0 Å². The van der Waals surface area contributed by atoms with Crippen molar-refractivity contribution in [1.82, 2.24) is 5.32 Å². The van der Waals surface area contributed by atoms with Crippen LogP contribution in [0.4, 0.5) is 0 Å². The van der Waals surface area contributed by atoms with E-state index in [1.165, 1.54) is 6.42 Å². The van der Waals surface area contributed by atoms with Gasteiger partial charge < -0.3 is 10.4 Å². The molecule has 0 saturated heterocycles. The molecule has 3 nitrogen and oxygen atoms in total. The molecule has 3 rings (SSSR count). The van der Waals surface area contributed by atoms with E-state index in [2.05, 4.69) is 23.5 Å². The maximum absolute atomic E-state index is 9.71. The van der Waals surface area contributed by atoms with E-state index in [1.807, 2.05) is 18.2 Å².